The average molecular weight is 419 g/mol. The van der Waals surface area contributed by atoms with Crippen LogP contribution in [0.5, 0.6) is 0 Å². The van der Waals surface area contributed by atoms with E-state index in [4.69, 9.17) is 0 Å². The number of nitrogens with one attached hydrogen (secondary N) is 1. The summed E-state index contributed by atoms with van der Waals surface area (Å²) in [5, 5.41) is 2.73. The molecule has 8 nitrogen and oxygen atoms in total. The molecule has 31 heavy (non-hydrogen) atoms. The highest BCUT2D eigenvalue weighted by atomic mass is 16.2. The van der Waals surface area contributed by atoms with Crippen LogP contribution in [0.15, 0.2) is 54.6 Å². The van der Waals surface area contributed by atoms with Crippen LogP contribution >= 0.6 is 0 Å². The van der Waals surface area contributed by atoms with Crippen LogP contribution in [-0.4, -0.2) is 51.9 Å². The van der Waals surface area contributed by atoms with Crippen molar-refractivity contribution in [3.8, 4) is 0 Å². The summed E-state index contributed by atoms with van der Waals surface area (Å²) in [6.07, 6.45) is 3.18. The Morgan fingerprint density at radius 2 is 1.48 bits per heavy atom. The van der Waals surface area contributed by atoms with Crippen molar-refractivity contribution in [3.05, 3.63) is 65.7 Å². The summed E-state index contributed by atoms with van der Waals surface area (Å²) in [4.78, 5) is 63.7. The Balaban J connectivity index is 1.40. The van der Waals surface area contributed by atoms with Gasteiger partial charge in [-0.1, -0.05) is 31.0 Å². The van der Waals surface area contributed by atoms with Gasteiger partial charge in [-0.25, -0.2) is 9.69 Å². The SMILES string of the molecule is O=C(CN1C(=O)C(=O)N(C2CCCC2)C1=O)c1ccc(NC(=O)c2ccccc2)cc1. The Bertz CT molecular complexity index is 1040. The summed E-state index contributed by atoms with van der Waals surface area (Å²) in [5.74, 6) is -2.57. The van der Waals surface area contributed by atoms with Gasteiger partial charge < -0.3 is 5.32 Å². The summed E-state index contributed by atoms with van der Waals surface area (Å²) >= 11 is 0. The molecule has 1 N–H and O–H groups in total. The van der Waals surface area contributed by atoms with Gasteiger partial charge in [0.05, 0.1) is 6.54 Å². The number of amides is 5. The standard InChI is InChI=1S/C23H21N3O5/c27-19(14-25-21(29)22(30)26(23(25)31)18-8-4-5-9-18)15-10-12-17(13-11-15)24-20(28)16-6-2-1-3-7-16/h1-3,6-7,10-13,18H,4-5,8-9,14H2,(H,24,28). The Labute approximate surface area is 178 Å². The molecule has 0 bridgehead atoms. The second-order valence-electron chi connectivity index (χ2n) is 7.61. The zero-order valence-electron chi connectivity index (χ0n) is 16.7. The number of imide groups is 2. The van der Waals surface area contributed by atoms with E-state index < -0.39 is 30.2 Å². The molecule has 1 aliphatic heterocycles. The van der Waals surface area contributed by atoms with Crippen molar-refractivity contribution in [1.29, 1.82) is 0 Å². The lowest BCUT2D eigenvalue weighted by molar-refractivity contribution is -0.143. The van der Waals surface area contributed by atoms with Crippen LogP contribution in [0.2, 0.25) is 0 Å². The number of hydrogen-bond donors (Lipinski definition) is 1. The van der Waals surface area contributed by atoms with E-state index in [0.29, 0.717) is 29.0 Å². The lowest BCUT2D eigenvalue weighted by atomic mass is 10.1. The van der Waals surface area contributed by atoms with E-state index in [-0.39, 0.29) is 17.5 Å². The molecule has 0 spiro atoms. The Morgan fingerprint density at radius 3 is 2.13 bits per heavy atom. The molecule has 0 atom stereocenters. The topological polar surface area (TPSA) is 104 Å². The molecule has 2 aromatic carbocycles. The highest BCUT2D eigenvalue weighted by molar-refractivity contribution is 6.45. The van der Waals surface area contributed by atoms with Gasteiger partial charge in [-0.15, -0.1) is 0 Å². The summed E-state index contributed by atoms with van der Waals surface area (Å²) < 4.78 is 0. The first-order valence-corrected chi connectivity index (χ1v) is 10.1. The third-order valence-electron chi connectivity index (χ3n) is 5.58. The van der Waals surface area contributed by atoms with Gasteiger partial charge in [0.1, 0.15) is 0 Å². The van der Waals surface area contributed by atoms with Gasteiger partial charge in [0, 0.05) is 22.9 Å². The van der Waals surface area contributed by atoms with E-state index in [9.17, 15) is 24.0 Å². The lowest BCUT2D eigenvalue weighted by Crippen LogP contribution is -2.41. The second kappa shape index (κ2) is 8.51. The number of hydrogen-bond acceptors (Lipinski definition) is 5. The fourth-order valence-electron chi connectivity index (χ4n) is 3.91. The molecule has 1 heterocycles. The molecule has 0 radical (unpaired) electrons. The molecule has 5 amide bonds. The maximum Gasteiger partial charge on any atom is 0.334 e. The average Bonchev–Trinajstić information content (AvgIpc) is 3.38. The number of Topliss-reactive ketones (excluding diaryl/α,β-unsaturated/α-hetero) is 1. The Morgan fingerprint density at radius 1 is 0.839 bits per heavy atom. The molecule has 8 heteroatoms. The van der Waals surface area contributed by atoms with Crippen molar-refractivity contribution >= 4 is 35.2 Å². The largest absolute Gasteiger partial charge is 0.334 e. The van der Waals surface area contributed by atoms with Crippen molar-refractivity contribution in [3.63, 3.8) is 0 Å². The van der Waals surface area contributed by atoms with Crippen LogP contribution in [0.25, 0.3) is 0 Å². The van der Waals surface area contributed by atoms with Crippen molar-refractivity contribution in [1.82, 2.24) is 9.80 Å². The van der Waals surface area contributed by atoms with E-state index >= 15 is 0 Å². The van der Waals surface area contributed by atoms with Crippen LogP contribution in [0.1, 0.15) is 46.4 Å². The van der Waals surface area contributed by atoms with E-state index in [1.165, 1.54) is 12.1 Å². The molecule has 4 rings (SSSR count). The van der Waals surface area contributed by atoms with Gasteiger partial charge in [0.2, 0.25) is 0 Å². The van der Waals surface area contributed by atoms with Gasteiger partial charge in [-0.05, 0) is 49.2 Å². The zero-order chi connectivity index (χ0) is 22.0. The summed E-state index contributed by atoms with van der Waals surface area (Å²) in [6.45, 7) is -0.498. The molecule has 1 aliphatic carbocycles. The van der Waals surface area contributed by atoms with E-state index in [1.54, 1.807) is 36.4 Å². The molecule has 2 fully saturated rings. The number of carbonyl (C=O) groups is 5. The van der Waals surface area contributed by atoms with Crippen molar-refractivity contribution in [2.45, 2.75) is 31.7 Å². The van der Waals surface area contributed by atoms with Gasteiger partial charge in [-0.2, -0.15) is 0 Å². The predicted molar refractivity (Wildman–Crippen MR) is 111 cm³/mol. The summed E-state index contributed by atoms with van der Waals surface area (Å²) in [7, 11) is 0. The van der Waals surface area contributed by atoms with Crippen molar-refractivity contribution in [2.75, 3.05) is 11.9 Å². The summed E-state index contributed by atoms with van der Waals surface area (Å²) in [5.41, 5.74) is 1.27. The number of carbonyl (C=O) groups excluding carboxylic acids is 5. The molecular weight excluding hydrogens is 398 g/mol. The minimum atomic E-state index is -0.961. The molecular formula is C23H21N3O5. The maximum absolute atomic E-state index is 12.6. The van der Waals surface area contributed by atoms with Gasteiger partial charge >= 0.3 is 17.8 Å². The minimum Gasteiger partial charge on any atom is -0.322 e. The zero-order valence-corrected chi connectivity index (χ0v) is 16.7. The van der Waals surface area contributed by atoms with Crippen LogP contribution in [0, 0.1) is 0 Å². The molecule has 0 unspecified atom stereocenters. The molecule has 1 saturated carbocycles. The molecule has 2 aliphatic rings. The van der Waals surface area contributed by atoms with Crippen molar-refractivity contribution in [2.24, 2.45) is 0 Å². The number of urea groups is 1. The second-order valence-corrected chi connectivity index (χ2v) is 7.61. The fraction of sp³-hybridized carbons (Fsp3) is 0.261. The first-order chi connectivity index (χ1) is 15.0. The number of rotatable bonds is 6. The van der Waals surface area contributed by atoms with Crippen LogP contribution in [0.4, 0.5) is 10.5 Å². The van der Waals surface area contributed by atoms with Crippen LogP contribution < -0.4 is 5.32 Å². The van der Waals surface area contributed by atoms with Crippen LogP contribution in [0.3, 0.4) is 0 Å². The number of benzene rings is 2. The van der Waals surface area contributed by atoms with Gasteiger partial charge in [-0.3, -0.25) is 24.1 Å². The smallest absolute Gasteiger partial charge is 0.322 e. The van der Waals surface area contributed by atoms with E-state index in [2.05, 4.69) is 5.32 Å². The summed E-state index contributed by atoms with van der Waals surface area (Å²) in [6, 6.07) is 13.9. The number of anilines is 1. The fourth-order valence-corrected chi connectivity index (χ4v) is 3.91. The van der Waals surface area contributed by atoms with Gasteiger partial charge in [0.15, 0.2) is 5.78 Å². The quantitative estimate of drug-likeness (QED) is 0.441. The van der Waals surface area contributed by atoms with E-state index in [0.717, 1.165) is 17.7 Å². The molecule has 0 aromatic heterocycles. The first kappa shape index (κ1) is 20.5. The normalized spacial score (nSPS) is 16.8. The van der Waals surface area contributed by atoms with Crippen LogP contribution in [-0.2, 0) is 9.59 Å². The third kappa shape index (κ3) is 4.09. The molecule has 158 valence electrons. The molecule has 2 aromatic rings. The Kier molecular flexibility index (Phi) is 5.62. The first-order valence-electron chi connectivity index (χ1n) is 10.1. The molecule has 1 saturated heterocycles. The highest BCUT2D eigenvalue weighted by Crippen LogP contribution is 2.28. The monoisotopic (exact) mass is 419 g/mol. The maximum atomic E-state index is 12.6. The third-order valence-corrected chi connectivity index (χ3v) is 5.58. The van der Waals surface area contributed by atoms with Gasteiger partial charge in [0.25, 0.3) is 5.91 Å². The number of ketones is 1. The minimum absolute atomic E-state index is 0.267. The van der Waals surface area contributed by atoms with Crippen molar-refractivity contribution < 1.29 is 24.0 Å². The number of nitrogens with zero attached hydrogens (tertiary/aromatic N) is 2. The highest BCUT2D eigenvalue weighted by Gasteiger charge is 2.48. The predicted octanol–water partition coefficient (Wildman–Crippen LogP) is 2.86. The van der Waals surface area contributed by atoms with E-state index in [1.807, 2.05) is 6.07 Å². The lowest BCUT2D eigenvalue weighted by Gasteiger charge is -2.20. The Hall–Kier alpha value is -3.81.